The summed E-state index contributed by atoms with van der Waals surface area (Å²) in [6, 6.07) is 12.3. The van der Waals surface area contributed by atoms with Gasteiger partial charge in [-0.3, -0.25) is 14.6 Å². The van der Waals surface area contributed by atoms with Gasteiger partial charge < -0.3 is 24.4 Å². The highest BCUT2D eigenvalue weighted by Crippen LogP contribution is 2.35. The number of nitrogens with one attached hydrogen (secondary N) is 1. The van der Waals surface area contributed by atoms with Crippen LogP contribution in [-0.4, -0.2) is 85.3 Å². The van der Waals surface area contributed by atoms with Crippen molar-refractivity contribution in [3.8, 4) is 11.5 Å². The molecule has 3 amide bonds. The molecule has 0 bridgehead atoms. The van der Waals surface area contributed by atoms with Crippen LogP contribution in [0.15, 0.2) is 53.7 Å². The third-order valence-corrected chi connectivity index (χ3v) is 8.15. The number of carbonyl (C=O) groups excluding carboxylic acids is 3. The molecule has 224 valence electrons. The number of ether oxygens (including phenoxy) is 3. The summed E-state index contributed by atoms with van der Waals surface area (Å²) in [5, 5.41) is 3.00. The van der Waals surface area contributed by atoms with E-state index >= 15 is 0 Å². The lowest BCUT2D eigenvalue weighted by Gasteiger charge is -2.42. The van der Waals surface area contributed by atoms with Crippen LogP contribution in [0.4, 0.5) is 4.79 Å². The molecule has 0 unspecified atom stereocenters. The van der Waals surface area contributed by atoms with Gasteiger partial charge in [0.2, 0.25) is 6.79 Å². The Hall–Kier alpha value is -4.05. The van der Waals surface area contributed by atoms with Crippen molar-refractivity contribution in [1.82, 2.24) is 20.0 Å². The molecule has 1 fully saturated rings. The van der Waals surface area contributed by atoms with Gasteiger partial charge >= 0.3 is 12.0 Å². The standard InChI is InChI=1S/C32H40N4O6/c1-7-40-30(38)27-24(34(6)31(39)33-28(27)21-8-11-23(12-9-21)32(3,4)5)18-35-14-15-36(20(2)17-35)29(37)22-10-13-25-26(16-22)42-19-41-25/h8-13,16,20,28H,7,14-15,17-19H2,1-6H3,(H,33,39)/t20-,28+/m1/s1. The van der Waals surface area contributed by atoms with Crippen LogP contribution in [0.3, 0.4) is 0 Å². The number of piperazine rings is 1. The number of hydrogen-bond donors (Lipinski definition) is 1. The second kappa shape index (κ2) is 11.7. The van der Waals surface area contributed by atoms with Gasteiger partial charge in [0.05, 0.1) is 18.2 Å². The lowest BCUT2D eigenvalue weighted by Crippen LogP contribution is -2.56. The first-order valence-electron chi connectivity index (χ1n) is 14.5. The first kappa shape index (κ1) is 29.4. The van der Waals surface area contributed by atoms with E-state index in [1.807, 2.05) is 36.1 Å². The van der Waals surface area contributed by atoms with Gasteiger partial charge in [0, 0.05) is 50.5 Å². The van der Waals surface area contributed by atoms with Crippen LogP contribution in [0.25, 0.3) is 0 Å². The van der Waals surface area contributed by atoms with E-state index in [1.165, 1.54) is 4.90 Å². The summed E-state index contributed by atoms with van der Waals surface area (Å²) < 4.78 is 16.3. The van der Waals surface area contributed by atoms with Crippen molar-refractivity contribution >= 4 is 17.9 Å². The van der Waals surface area contributed by atoms with E-state index in [9.17, 15) is 14.4 Å². The highest BCUT2D eigenvalue weighted by Gasteiger charge is 2.38. The van der Waals surface area contributed by atoms with Crippen molar-refractivity contribution in [1.29, 1.82) is 0 Å². The quantitative estimate of drug-likeness (QED) is 0.518. The number of urea groups is 1. The molecule has 0 radical (unpaired) electrons. The lowest BCUT2D eigenvalue weighted by molar-refractivity contribution is -0.139. The van der Waals surface area contributed by atoms with Crippen molar-refractivity contribution in [3.05, 3.63) is 70.4 Å². The predicted octanol–water partition coefficient (Wildman–Crippen LogP) is 4.07. The first-order valence-corrected chi connectivity index (χ1v) is 14.5. The second-order valence-corrected chi connectivity index (χ2v) is 12.0. The molecule has 0 aliphatic carbocycles. The second-order valence-electron chi connectivity index (χ2n) is 12.0. The molecule has 2 aromatic rings. The van der Waals surface area contributed by atoms with Crippen LogP contribution in [0.5, 0.6) is 11.5 Å². The zero-order valence-electron chi connectivity index (χ0n) is 25.2. The summed E-state index contributed by atoms with van der Waals surface area (Å²) in [6.07, 6.45) is 0. The Balaban J connectivity index is 1.38. The minimum Gasteiger partial charge on any atom is -0.463 e. The highest BCUT2D eigenvalue weighted by molar-refractivity contribution is 5.96. The molecule has 10 heteroatoms. The predicted molar refractivity (Wildman–Crippen MR) is 157 cm³/mol. The summed E-state index contributed by atoms with van der Waals surface area (Å²) in [5.74, 6) is 0.694. The average molecular weight is 577 g/mol. The summed E-state index contributed by atoms with van der Waals surface area (Å²) in [5.41, 5.74) is 3.53. The van der Waals surface area contributed by atoms with Crippen LogP contribution in [0, 0.1) is 0 Å². The molecule has 10 nitrogen and oxygen atoms in total. The molecule has 0 spiro atoms. The molecule has 2 atom stereocenters. The van der Waals surface area contributed by atoms with Gasteiger partial charge in [-0.25, -0.2) is 9.59 Å². The molecular formula is C32H40N4O6. The van der Waals surface area contributed by atoms with E-state index in [0.717, 1.165) is 11.1 Å². The lowest BCUT2D eigenvalue weighted by atomic mass is 9.85. The zero-order chi connectivity index (χ0) is 30.2. The SMILES string of the molecule is CCOC(=O)C1=C(CN2CCN(C(=O)c3ccc4c(c3)OCO4)[C@H](C)C2)N(C)C(=O)N[C@H]1c1ccc(C(C)(C)C)cc1. The summed E-state index contributed by atoms with van der Waals surface area (Å²) in [7, 11) is 1.67. The van der Waals surface area contributed by atoms with E-state index in [4.69, 9.17) is 14.2 Å². The number of nitrogens with zero attached hydrogens (tertiary/aromatic N) is 3. The van der Waals surface area contributed by atoms with Crippen molar-refractivity contribution in [3.63, 3.8) is 0 Å². The molecule has 5 rings (SSSR count). The number of hydrogen-bond acceptors (Lipinski definition) is 7. The van der Waals surface area contributed by atoms with E-state index in [2.05, 4.69) is 31.0 Å². The molecular weight excluding hydrogens is 536 g/mol. The van der Waals surface area contributed by atoms with Gasteiger partial charge in [-0.05, 0) is 48.6 Å². The van der Waals surface area contributed by atoms with E-state index < -0.39 is 12.0 Å². The van der Waals surface area contributed by atoms with Gasteiger partial charge in [0.15, 0.2) is 11.5 Å². The normalized spacial score (nSPS) is 21.0. The summed E-state index contributed by atoms with van der Waals surface area (Å²) in [6.45, 7) is 12.6. The molecule has 3 aliphatic rings. The molecule has 3 aliphatic heterocycles. The van der Waals surface area contributed by atoms with Crippen molar-refractivity contribution in [2.45, 2.75) is 52.1 Å². The Morgan fingerprint density at radius 2 is 1.76 bits per heavy atom. The smallest absolute Gasteiger partial charge is 0.338 e. The first-order chi connectivity index (χ1) is 20.0. The Morgan fingerprint density at radius 3 is 2.43 bits per heavy atom. The van der Waals surface area contributed by atoms with E-state index in [0.29, 0.717) is 54.5 Å². The van der Waals surface area contributed by atoms with Crippen LogP contribution < -0.4 is 14.8 Å². The van der Waals surface area contributed by atoms with Gasteiger partial charge in [-0.15, -0.1) is 0 Å². The Labute approximate surface area is 247 Å². The maximum atomic E-state index is 13.4. The number of rotatable bonds is 6. The molecule has 0 saturated carbocycles. The number of benzene rings is 2. The number of esters is 1. The fourth-order valence-electron chi connectivity index (χ4n) is 5.71. The molecule has 42 heavy (non-hydrogen) atoms. The molecule has 1 N–H and O–H groups in total. The Kier molecular flexibility index (Phi) is 8.19. The maximum Gasteiger partial charge on any atom is 0.338 e. The molecule has 0 aromatic heterocycles. The fourth-order valence-corrected chi connectivity index (χ4v) is 5.71. The number of carbonyl (C=O) groups is 3. The van der Waals surface area contributed by atoms with E-state index in [-0.39, 0.29) is 36.8 Å². The fraction of sp³-hybridized carbons (Fsp3) is 0.469. The van der Waals surface area contributed by atoms with Crippen molar-refractivity contribution < 1.29 is 28.6 Å². The Morgan fingerprint density at radius 1 is 1.05 bits per heavy atom. The zero-order valence-corrected chi connectivity index (χ0v) is 25.2. The monoisotopic (exact) mass is 576 g/mol. The van der Waals surface area contributed by atoms with Crippen LogP contribution in [0.2, 0.25) is 0 Å². The van der Waals surface area contributed by atoms with Crippen molar-refractivity contribution in [2.75, 3.05) is 46.6 Å². The van der Waals surface area contributed by atoms with Crippen LogP contribution >= 0.6 is 0 Å². The van der Waals surface area contributed by atoms with Gasteiger partial charge in [-0.1, -0.05) is 45.0 Å². The minimum atomic E-state index is -0.636. The molecule has 2 aromatic carbocycles. The number of likely N-dealkylation sites (N-methyl/N-ethyl adjacent to an activating group) is 1. The summed E-state index contributed by atoms with van der Waals surface area (Å²) >= 11 is 0. The van der Waals surface area contributed by atoms with Crippen LogP contribution in [0.1, 0.15) is 62.1 Å². The molecule has 1 saturated heterocycles. The average Bonchev–Trinajstić information content (AvgIpc) is 3.43. The number of amides is 3. The third-order valence-electron chi connectivity index (χ3n) is 8.15. The van der Waals surface area contributed by atoms with Gasteiger partial charge in [0.25, 0.3) is 5.91 Å². The van der Waals surface area contributed by atoms with E-state index in [1.54, 1.807) is 32.2 Å². The third kappa shape index (κ3) is 5.81. The number of fused-ring (bicyclic) bond motifs is 1. The maximum absolute atomic E-state index is 13.4. The van der Waals surface area contributed by atoms with Crippen LogP contribution in [-0.2, 0) is 14.9 Å². The molecule has 3 heterocycles. The van der Waals surface area contributed by atoms with Gasteiger partial charge in [0.1, 0.15) is 0 Å². The Bertz CT molecular complexity index is 1400. The highest BCUT2D eigenvalue weighted by atomic mass is 16.7. The summed E-state index contributed by atoms with van der Waals surface area (Å²) in [4.78, 5) is 45.5. The van der Waals surface area contributed by atoms with Crippen molar-refractivity contribution in [2.24, 2.45) is 0 Å². The minimum absolute atomic E-state index is 0.0253. The largest absolute Gasteiger partial charge is 0.463 e. The topological polar surface area (TPSA) is 101 Å². The van der Waals surface area contributed by atoms with Gasteiger partial charge in [-0.2, -0.15) is 0 Å².